The highest BCUT2D eigenvalue weighted by molar-refractivity contribution is 5.94. The van der Waals surface area contributed by atoms with Gasteiger partial charge in [0.05, 0.1) is 24.8 Å². The van der Waals surface area contributed by atoms with E-state index >= 15 is 0 Å². The number of pyridine rings is 1. The summed E-state index contributed by atoms with van der Waals surface area (Å²) in [6, 6.07) is 10.0. The lowest BCUT2D eigenvalue weighted by atomic mass is 10.1. The number of carboxylic acids is 1. The van der Waals surface area contributed by atoms with Crippen LogP contribution in [-0.4, -0.2) is 46.8 Å². The molecule has 0 aliphatic carbocycles. The number of nitrogens with zero attached hydrogens (tertiary/aromatic N) is 3. The van der Waals surface area contributed by atoms with E-state index < -0.39 is 5.97 Å². The highest BCUT2D eigenvalue weighted by atomic mass is 16.5. The minimum Gasteiger partial charge on any atom is -0.478 e. The van der Waals surface area contributed by atoms with Gasteiger partial charge in [-0.2, -0.15) is 0 Å². The fourth-order valence-corrected chi connectivity index (χ4v) is 3.74. The zero-order chi connectivity index (χ0) is 21.3. The zero-order valence-corrected chi connectivity index (χ0v) is 17.0. The number of fused-ring (bicyclic) bond motifs is 1. The average molecular weight is 408 g/mol. The molecule has 8 heteroatoms. The quantitative estimate of drug-likeness (QED) is 0.670. The number of aryl methyl sites for hydroxylation is 1. The Morgan fingerprint density at radius 1 is 1.23 bits per heavy atom. The number of anilines is 2. The third kappa shape index (κ3) is 3.86. The largest absolute Gasteiger partial charge is 0.478 e. The standard InChI is InChI=1S/C22H24N4O4/c1-14-11-17(15(2)23-18-6-4-3-5-16(18)22(28)29)21-24-19(12-20(27)26(21)13-14)25-7-9-30-10-8-25/h3-6,11-13,15,23H,7-10H2,1-2H3,(H,28,29)/t15-/m0/s1. The van der Waals surface area contributed by atoms with Gasteiger partial charge in [-0.1, -0.05) is 12.1 Å². The first-order valence-electron chi connectivity index (χ1n) is 9.89. The Labute approximate surface area is 173 Å². The van der Waals surface area contributed by atoms with Crippen molar-refractivity contribution in [3.05, 3.63) is 69.6 Å². The lowest BCUT2D eigenvalue weighted by Crippen LogP contribution is -2.37. The van der Waals surface area contributed by atoms with E-state index in [1.165, 1.54) is 0 Å². The summed E-state index contributed by atoms with van der Waals surface area (Å²) in [6.07, 6.45) is 1.77. The first-order chi connectivity index (χ1) is 14.4. The highest BCUT2D eigenvalue weighted by Gasteiger charge is 2.19. The van der Waals surface area contributed by atoms with Crippen molar-refractivity contribution in [2.45, 2.75) is 19.9 Å². The molecule has 2 aromatic heterocycles. The second kappa shape index (κ2) is 8.16. The molecule has 1 aromatic carbocycles. The Hall–Kier alpha value is -3.39. The van der Waals surface area contributed by atoms with Crippen LogP contribution in [0.1, 0.15) is 34.5 Å². The number of carbonyl (C=O) groups is 1. The Morgan fingerprint density at radius 2 is 1.97 bits per heavy atom. The van der Waals surface area contributed by atoms with E-state index in [1.807, 2.05) is 24.8 Å². The molecule has 1 aliphatic rings. The van der Waals surface area contributed by atoms with E-state index in [4.69, 9.17) is 9.72 Å². The van der Waals surface area contributed by atoms with Crippen LogP contribution in [0.4, 0.5) is 11.5 Å². The SMILES string of the molecule is Cc1cc([C@H](C)Nc2ccccc2C(=O)O)c2nc(N3CCOCC3)cc(=O)n2c1. The normalized spacial score (nSPS) is 15.2. The van der Waals surface area contributed by atoms with Crippen LogP contribution in [0.3, 0.4) is 0 Å². The lowest BCUT2D eigenvalue weighted by Gasteiger charge is -2.28. The van der Waals surface area contributed by atoms with Gasteiger partial charge in [0.25, 0.3) is 5.56 Å². The number of hydrogen-bond donors (Lipinski definition) is 2. The smallest absolute Gasteiger partial charge is 0.337 e. The first-order valence-corrected chi connectivity index (χ1v) is 9.89. The highest BCUT2D eigenvalue weighted by Crippen LogP contribution is 2.26. The molecule has 4 rings (SSSR count). The summed E-state index contributed by atoms with van der Waals surface area (Å²) in [6.45, 7) is 6.43. The Kier molecular flexibility index (Phi) is 5.41. The van der Waals surface area contributed by atoms with Gasteiger partial charge in [-0.15, -0.1) is 0 Å². The Balaban J connectivity index is 1.78. The second-order valence-electron chi connectivity index (χ2n) is 7.44. The van der Waals surface area contributed by atoms with Crippen molar-refractivity contribution in [3.63, 3.8) is 0 Å². The molecule has 1 saturated heterocycles. The summed E-state index contributed by atoms with van der Waals surface area (Å²) in [5, 5.41) is 12.7. The minimum absolute atomic E-state index is 0.149. The van der Waals surface area contributed by atoms with Gasteiger partial charge in [-0.05, 0) is 37.6 Å². The molecule has 30 heavy (non-hydrogen) atoms. The molecule has 2 N–H and O–H groups in total. The maximum Gasteiger partial charge on any atom is 0.337 e. The Bertz CT molecular complexity index is 1150. The van der Waals surface area contributed by atoms with Crippen LogP contribution in [0, 0.1) is 6.92 Å². The van der Waals surface area contributed by atoms with Gasteiger partial charge < -0.3 is 20.1 Å². The molecule has 1 atom stereocenters. The average Bonchev–Trinajstić information content (AvgIpc) is 2.74. The molecule has 0 radical (unpaired) electrons. The number of nitrogens with one attached hydrogen (secondary N) is 1. The molecule has 3 heterocycles. The number of ether oxygens (including phenoxy) is 1. The summed E-state index contributed by atoms with van der Waals surface area (Å²) >= 11 is 0. The van der Waals surface area contributed by atoms with Gasteiger partial charge in [0.1, 0.15) is 11.5 Å². The maximum absolute atomic E-state index is 12.8. The molecular formula is C22H24N4O4. The number of para-hydroxylation sites is 1. The fourth-order valence-electron chi connectivity index (χ4n) is 3.74. The number of morpholine rings is 1. The topological polar surface area (TPSA) is 96.2 Å². The van der Waals surface area contributed by atoms with Crippen LogP contribution >= 0.6 is 0 Å². The van der Waals surface area contributed by atoms with E-state index in [0.29, 0.717) is 43.5 Å². The van der Waals surface area contributed by atoms with E-state index in [-0.39, 0.29) is 17.2 Å². The van der Waals surface area contributed by atoms with E-state index in [2.05, 4.69) is 5.32 Å². The second-order valence-corrected chi connectivity index (χ2v) is 7.44. The summed E-state index contributed by atoms with van der Waals surface area (Å²) < 4.78 is 6.95. The molecule has 0 bridgehead atoms. The van der Waals surface area contributed by atoms with Crippen molar-refractivity contribution in [1.29, 1.82) is 0 Å². The van der Waals surface area contributed by atoms with E-state index in [1.54, 1.807) is 40.9 Å². The van der Waals surface area contributed by atoms with Crippen LogP contribution in [0.15, 0.2) is 47.4 Å². The molecule has 3 aromatic rings. The Morgan fingerprint density at radius 3 is 2.70 bits per heavy atom. The summed E-state index contributed by atoms with van der Waals surface area (Å²) in [5.41, 5.74) is 2.86. The van der Waals surface area contributed by atoms with Crippen LogP contribution in [0.25, 0.3) is 5.65 Å². The van der Waals surface area contributed by atoms with Crippen molar-refractivity contribution in [2.24, 2.45) is 0 Å². The molecule has 1 aliphatic heterocycles. The van der Waals surface area contributed by atoms with Crippen molar-refractivity contribution < 1.29 is 14.6 Å². The van der Waals surface area contributed by atoms with Gasteiger partial charge in [-0.3, -0.25) is 9.20 Å². The molecule has 1 fully saturated rings. The van der Waals surface area contributed by atoms with Crippen molar-refractivity contribution in [3.8, 4) is 0 Å². The van der Waals surface area contributed by atoms with Crippen molar-refractivity contribution in [2.75, 3.05) is 36.5 Å². The number of aromatic nitrogens is 2. The predicted octanol–water partition coefficient (Wildman–Crippen LogP) is 2.71. The molecule has 0 saturated carbocycles. The monoisotopic (exact) mass is 408 g/mol. The van der Waals surface area contributed by atoms with Crippen LogP contribution in [0.2, 0.25) is 0 Å². The molecule has 156 valence electrons. The molecule has 0 spiro atoms. The third-order valence-corrected chi connectivity index (χ3v) is 5.24. The number of benzene rings is 1. The van der Waals surface area contributed by atoms with E-state index in [9.17, 15) is 14.7 Å². The number of rotatable bonds is 5. The van der Waals surface area contributed by atoms with Crippen LogP contribution in [-0.2, 0) is 4.74 Å². The maximum atomic E-state index is 12.8. The number of aromatic carboxylic acids is 1. The predicted molar refractivity (Wildman–Crippen MR) is 115 cm³/mol. The van der Waals surface area contributed by atoms with Gasteiger partial charge in [-0.25, -0.2) is 9.78 Å². The van der Waals surface area contributed by atoms with E-state index in [0.717, 1.165) is 11.1 Å². The van der Waals surface area contributed by atoms with Gasteiger partial charge in [0, 0.05) is 36.6 Å². The molecule has 8 nitrogen and oxygen atoms in total. The fraction of sp³-hybridized carbons (Fsp3) is 0.318. The lowest BCUT2D eigenvalue weighted by molar-refractivity contribution is 0.0698. The minimum atomic E-state index is -0.997. The van der Waals surface area contributed by atoms with Crippen LogP contribution < -0.4 is 15.8 Å². The van der Waals surface area contributed by atoms with Gasteiger partial charge >= 0.3 is 5.97 Å². The van der Waals surface area contributed by atoms with Crippen LogP contribution in [0.5, 0.6) is 0 Å². The number of carboxylic acid groups (broad SMARTS) is 1. The third-order valence-electron chi connectivity index (χ3n) is 5.24. The van der Waals surface area contributed by atoms with Crippen molar-refractivity contribution >= 4 is 23.1 Å². The first kappa shape index (κ1) is 19.9. The molecular weight excluding hydrogens is 384 g/mol. The number of hydrogen-bond acceptors (Lipinski definition) is 6. The van der Waals surface area contributed by atoms with Crippen molar-refractivity contribution in [1.82, 2.24) is 9.38 Å². The summed E-state index contributed by atoms with van der Waals surface area (Å²) in [7, 11) is 0. The van der Waals surface area contributed by atoms with Gasteiger partial charge in [0.15, 0.2) is 0 Å². The summed E-state index contributed by atoms with van der Waals surface area (Å²) in [5.74, 6) is -0.366. The molecule has 0 unspecified atom stereocenters. The molecule has 0 amide bonds. The zero-order valence-electron chi connectivity index (χ0n) is 17.0. The summed E-state index contributed by atoms with van der Waals surface area (Å²) in [4.78, 5) is 31.2. The van der Waals surface area contributed by atoms with Gasteiger partial charge in [0.2, 0.25) is 0 Å².